The van der Waals surface area contributed by atoms with Crippen LogP contribution in [0.25, 0.3) is 0 Å². The van der Waals surface area contributed by atoms with E-state index in [2.05, 4.69) is 5.32 Å². The van der Waals surface area contributed by atoms with Crippen molar-refractivity contribution in [2.24, 2.45) is 0 Å². The molecule has 2 aromatic rings. The third-order valence-corrected chi connectivity index (χ3v) is 3.60. The van der Waals surface area contributed by atoms with Crippen molar-refractivity contribution < 1.29 is 14.3 Å². The number of halogens is 1. The average Bonchev–Trinajstić information content (AvgIpc) is 2.54. The third-order valence-electron chi connectivity index (χ3n) is 3.26. The Morgan fingerprint density at radius 3 is 2.35 bits per heavy atom. The highest BCUT2D eigenvalue weighted by Gasteiger charge is 2.13. The lowest BCUT2D eigenvalue weighted by Gasteiger charge is -2.16. The van der Waals surface area contributed by atoms with E-state index in [-0.39, 0.29) is 18.6 Å². The van der Waals surface area contributed by atoms with Gasteiger partial charge in [-0.3, -0.25) is 4.79 Å². The molecule has 0 bridgehead atoms. The Hall–Kier alpha value is -2.20. The Morgan fingerprint density at radius 1 is 1.09 bits per heavy atom. The third kappa shape index (κ3) is 4.89. The van der Waals surface area contributed by atoms with Gasteiger partial charge in [0, 0.05) is 5.02 Å². The molecular formula is C18H20ClNO3. The summed E-state index contributed by atoms with van der Waals surface area (Å²) in [6, 6.07) is 14.5. The molecule has 0 saturated carbocycles. The lowest BCUT2D eigenvalue weighted by atomic mass is 10.1. The van der Waals surface area contributed by atoms with Crippen molar-refractivity contribution in [1.82, 2.24) is 5.32 Å². The highest BCUT2D eigenvalue weighted by Crippen LogP contribution is 2.26. The summed E-state index contributed by atoms with van der Waals surface area (Å²) >= 11 is 6.13. The number of para-hydroxylation sites is 2. The quantitative estimate of drug-likeness (QED) is 0.833. The van der Waals surface area contributed by atoms with Crippen molar-refractivity contribution in [3.05, 3.63) is 59.1 Å². The molecule has 5 heteroatoms. The summed E-state index contributed by atoms with van der Waals surface area (Å²) in [5.74, 6) is 0.959. The van der Waals surface area contributed by atoms with Gasteiger partial charge < -0.3 is 14.8 Å². The first-order valence-electron chi connectivity index (χ1n) is 7.50. The monoisotopic (exact) mass is 333 g/mol. The van der Waals surface area contributed by atoms with Crippen molar-refractivity contribution in [3.8, 4) is 11.5 Å². The molecule has 1 atom stereocenters. The van der Waals surface area contributed by atoms with E-state index in [1.807, 2.05) is 50.2 Å². The highest BCUT2D eigenvalue weighted by molar-refractivity contribution is 6.31. The fourth-order valence-electron chi connectivity index (χ4n) is 2.17. The van der Waals surface area contributed by atoms with Crippen LogP contribution in [-0.4, -0.2) is 19.1 Å². The fraction of sp³-hybridized carbons (Fsp3) is 0.278. The number of hydrogen-bond donors (Lipinski definition) is 1. The van der Waals surface area contributed by atoms with Crippen LogP contribution in [0.5, 0.6) is 11.5 Å². The van der Waals surface area contributed by atoms with Gasteiger partial charge in [0.25, 0.3) is 5.91 Å². The molecule has 1 amide bonds. The number of carbonyl (C=O) groups is 1. The van der Waals surface area contributed by atoms with E-state index in [9.17, 15) is 4.79 Å². The Balaban J connectivity index is 1.92. The zero-order valence-corrected chi connectivity index (χ0v) is 14.0. The van der Waals surface area contributed by atoms with E-state index in [0.29, 0.717) is 23.1 Å². The summed E-state index contributed by atoms with van der Waals surface area (Å²) in [7, 11) is 0. The summed E-state index contributed by atoms with van der Waals surface area (Å²) in [6.45, 7) is 4.23. The van der Waals surface area contributed by atoms with Crippen molar-refractivity contribution >= 4 is 17.5 Å². The van der Waals surface area contributed by atoms with Crippen LogP contribution < -0.4 is 14.8 Å². The minimum Gasteiger partial charge on any atom is -0.490 e. The van der Waals surface area contributed by atoms with Crippen LogP contribution in [0.4, 0.5) is 0 Å². The standard InChI is InChI=1S/C18H20ClNO3/c1-3-22-16-10-6-7-11-17(16)23-12-18(21)20-13(2)14-8-4-5-9-15(14)19/h4-11,13H,3,12H2,1-2H3,(H,20,21)/t13-/m0/s1. The largest absolute Gasteiger partial charge is 0.490 e. The molecule has 0 heterocycles. The molecule has 0 aliphatic heterocycles. The topological polar surface area (TPSA) is 47.6 Å². The van der Waals surface area contributed by atoms with Crippen LogP contribution in [-0.2, 0) is 4.79 Å². The number of carbonyl (C=O) groups excluding carboxylic acids is 1. The predicted octanol–water partition coefficient (Wildman–Crippen LogP) is 3.99. The van der Waals surface area contributed by atoms with Crippen molar-refractivity contribution in [2.45, 2.75) is 19.9 Å². The van der Waals surface area contributed by atoms with Gasteiger partial charge in [0.1, 0.15) is 0 Å². The molecule has 1 N–H and O–H groups in total. The van der Waals surface area contributed by atoms with E-state index >= 15 is 0 Å². The second-order valence-corrected chi connectivity index (χ2v) is 5.39. The molecule has 0 unspecified atom stereocenters. The Labute approximate surface area is 141 Å². The smallest absolute Gasteiger partial charge is 0.258 e. The van der Waals surface area contributed by atoms with Crippen LogP contribution in [0.15, 0.2) is 48.5 Å². The van der Waals surface area contributed by atoms with Gasteiger partial charge in [-0.25, -0.2) is 0 Å². The van der Waals surface area contributed by atoms with Crippen LogP contribution in [0.2, 0.25) is 5.02 Å². The van der Waals surface area contributed by atoms with Gasteiger partial charge in [0.05, 0.1) is 12.6 Å². The molecule has 2 aromatic carbocycles. The molecule has 23 heavy (non-hydrogen) atoms. The van der Waals surface area contributed by atoms with E-state index < -0.39 is 0 Å². The SMILES string of the molecule is CCOc1ccccc1OCC(=O)N[C@@H](C)c1ccccc1Cl. The first-order chi connectivity index (χ1) is 11.1. The molecule has 0 spiro atoms. The molecule has 0 fully saturated rings. The Morgan fingerprint density at radius 2 is 1.70 bits per heavy atom. The van der Waals surface area contributed by atoms with Crippen molar-refractivity contribution in [2.75, 3.05) is 13.2 Å². The second-order valence-electron chi connectivity index (χ2n) is 4.98. The maximum absolute atomic E-state index is 12.1. The summed E-state index contributed by atoms with van der Waals surface area (Å²) in [5.41, 5.74) is 0.872. The van der Waals surface area contributed by atoms with Crippen LogP contribution >= 0.6 is 11.6 Å². The summed E-state index contributed by atoms with van der Waals surface area (Å²) in [5, 5.41) is 3.50. The van der Waals surface area contributed by atoms with E-state index in [0.717, 1.165) is 5.56 Å². The Kier molecular flexibility index (Phi) is 6.29. The number of hydrogen-bond acceptors (Lipinski definition) is 3. The van der Waals surface area contributed by atoms with Crippen LogP contribution in [0.1, 0.15) is 25.5 Å². The van der Waals surface area contributed by atoms with Gasteiger partial charge in [0.15, 0.2) is 18.1 Å². The number of nitrogens with one attached hydrogen (secondary N) is 1. The highest BCUT2D eigenvalue weighted by atomic mass is 35.5. The molecular weight excluding hydrogens is 314 g/mol. The van der Waals surface area contributed by atoms with E-state index in [1.54, 1.807) is 12.1 Å². The predicted molar refractivity (Wildman–Crippen MR) is 91.1 cm³/mol. The lowest BCUT2D eigenvalue weighted by molar-refractivity contribution is -0.123. The molecule has 0 aliphatic rings. The fourth-order valence-corrected chi connectivity index (χ4v) is 2.47. The molecule has 0 radical (unpaired) electrons. The first-order valence-corrected chi connectivity index (χ1v) is 7.88. The summed E-state index contributed by atoms with van der Waals surface area (Å²) in [4.78, 5) is 12.1. The van der Waals surface area contributed by atoms with Gasteiger partial charge in [-0.05, 0) is 37.6 Å². The molecule has 122 valence electrons. The number of amides is 1. The maximum Gasteiger partial charge on any atom is 0.258 e. The minimum atomic E-state index is -0.219. The second kappa shape index (κ2) is 8.44. The van der Waals surface area contributed by atoms with Gasteiger partial charge in [0.2, 0.25) is 0 Å². The van der Waals surface area contributed by atoms with Crippen molar-refractivity contribution in [1.29, 1.82) is 0 Å². The summed E-state index contributed by atoms with van der Waals surface area (Å²) in [6.07, 6.45) is 0. The molecule has 2 rings (SSSR count). The van der Waals surface area contributed by atoms with Gasteiger partial charge in [-0.2, -0.15) is 0 Å². The summed E-state index contributed by atoms with van der Waals surface area (Å²) < 4.78 is 11.0. The lowest BCUT2D eigenvalue weighted by Crippen LogP contribution is -2.31. The normalized spacial score (nSPS) is 11.6. The molecule has 0 saturated heterocycles. The number of benzene rings is 2. The van der Waals surface area contributed by atoms with E-state index in [1.165, 1.54) is 0 Å². The first kappa shape index (κ1) is 17.2. The Bertz CT molecular complexity index is 660. The van der Waals surface area contributed by atoms with Crippen molar-refractivity contribution in [3.63, 3.8) is 0 Å². The van der Waals surface area contributed by atoms with Crippen LogP contribution in [0, 0.1) is 0 Å². The maximum atomic E-state index is 12.1. The van der Waals surface area contributed by atoms with Gasteiger partial charge in [-0.1, -0.05) is 41.9 Å². The van der Waals surface area contributed by atoms with Gasteiger partial charge in [-0.15, -0.1) is 0 Å². The zero-order chi connectivity index (χ0) is 16.7. The zero-order valence-electron chi connectivity index (χ0n) is 13.2. The minimum absolute atomic E-state index is 0.0844. The molecule has 0 aliphatic carbocycles. The van der Waals surface area contributed by atoms with Crippen LogP contribution in [0.3, 0.4) is 0 Å². The van der Waals surface area contributed by atoms with E-state index in [4.69, 9.17) is 21.1 Å². The number of ether oxygens (including phenoxy) is 2. The molecule has 0 aromatic heterocycles. The van der Waals surface area contributed by atoms with Gasteiger partial charge >= 0.3 is 0 Å². The molecule has 4 nitrogen and oxygen atoms in total. The average molecular weight is 334 g/mol. The number of rotatable bonds is 7.